The Morgan fingerprint density at radius 2 is 0.818 bits per heavy atom. The van der Waals surface area contributed by atoms with E-state index in [-0.39, 0.29) is 11.5 Å². The first-order valence-electron chi connectivity index (χ1n) is 13.5. The monoisotopic (exact) mass is 584 g/mol. The average molecular weight is 585 g/mol. The van der Waals surface area contributed by atoms with Gasteiger partial charge in [-0.05, 0) is 119 Å². The topological polar surface area (TPSA) is 112 Å². The van der Waals surface area contributed by atoms with Crippen molar-refractivity contribution in [2.24, 2.45) is 0 Å². The minimum absolute atomic E-state index is 0.0851. The molecule has 0 fully saturated rings. The molecule has 8 nitrogen and oxygen atoms in total. The van der Waals surface area contributed by atoms with Crippen LogP contribution in [0.1, 0.15) is 20.7 Å². The van der Waals surface area contributed by atoms with E-state index in [1.807, 2.05) is 12.1 Å². The maximum absolute atomic E-state index is 12.6. The summed E-state index contributed by atoms with van der Waals surface area (Å²) >= 11 is 0. The molecule has 0 aliphatic heterocycles. The van der Waals surface area contributed by atoms with Crippen molar-refractivity contribution in [3.63, 3.8) is 0 Å². The summed E-state index contributed by atoms with van der Waals surface area (Å²) in [5, 5.41) is 20.5. The normalized spacial score (nSPS) is 10.6. The van der Waals surface area contributed by atoms with Crippen molar-refractivity contribution in [3.8, 4) is 45.6 Å². The predicted octanol–water partition coefficient (Wildman–Crippen LogP) is 7.73. The SMILES string of the molecule is O=C(Oc1ccc(OOc2ccc3cc(C(=O)Oc4ccc(O)cc4)ccc3c2)cc1)c1ccc(-c2ccc(O)cc2)cc1. The van der Waals surface area contributed by atoms with E-state index in [0.29, 0.717) is 34.1 Å². The van der Waals surface area contributed by atoms with Crippen LogP contribution >= 0.6 is 0 Å². The van der Waals surface area contributed by atoms with Crippen LogP contribution in [-0.2, 0) is 0 Å². The quantitative estimate of drug-likeness (QED) is 0.0809. The third-order valence-corrected chi connectivity index (χ3v) is 6.68. The lowest BCUT2D eigenvalue weighted by Gasteiger charge is -2.09. The Morgan fingerprint density at radius 1 is 0.409 bits per heavy atom. The fourth-order valence-corrected chi connectivity index (χ4v) is 4.36. The summed E-state index contributed by atoms with van der Waals surface area (Å²) in [6.45, 7) is 0. The Kier molecular flexibility index (Phi) is 7.79. The summed E-state index contributed by atoms with van der Waals surface area (Å²) in [5.41, 5.74) is 2.60. The van der Waals surface area contributed by atoms with E-state index in [1.165, 1.54) is 24.3 Å². The summed E-state index contributed by atoms with van der Waals surface area (Å²) in [6.07, 6.45) is 0. The first-order chi connectivity index (χ1) is 21.4. The zero-order valence-corrected chi connectivity index (χ0v) is 23.0. The van der Waals surface area contributed by atoms with Crippen molar-refractivity contribution in [1.29, 1.82) is 0 Å². The summed E-state index contributed by atoms with van der Waals surface area (Å²) in [5.74, 6) is 0.780. The van der Waals surface area contributed by atoms with Crippen LogP contribution in [0.4, 0.5) is 0 Å². The van der Waals surface area contributed by atoms with Gasteiger partial charge in [0.2, 0.25) is 0 Å². The van der Waals surface area contributed by atoms with E-state index in [4.69, 9.17) is 19.2 Å². The number of esters is 2. The Hall–Kier alpha value is -6.28. The molecule has 0 bridgehead atoms. The van der Waals surface area contributed by atoms with Gasteiger partial charge < -0.3 is 19.7 Å². The Morgan fingerprint density at radius 3 is 1.45 bits per heavy atom. The van der Waals surface area contributed by atoms with Crippen molar-refractivity contribution in [2.45, 2.75) is 0 Å². The number of ether oxygens (including phenoxy) is 2. The fourth-order valence-electron chi connectivity index (χ4n) is 4.36. The molecule has 0 aliphatic carbocycles. The smallest absolute Gasteiger partial charge is 0.343 e. The number of carbonyl (C=O) groups excluding carboxylic acids is 2. The highest BCUT2D eigenvalue weighted by atomic mass is 17.2. The van der Waals surface area contributed by atoms with E-state index in [2.05, 4.69) is 0 Å². The molecule has 0 saturated heterocycles. The molecule has 0 spiro atoms. The van der Waals surface area contributed by atoms with Gasteiger partial charge in [-0.3, -0.25) is 9.78 Å². The highest BCUT2D eigenvalue weighted by Crippen LogP contribution is 2.26. The van der Waals surface area contributed by atoms with Crippen LogP contribution < -0.4 is 19.2 Å². The van der Waals surface area contributed by atoms with E-state index in [1.54, 1.807) is 97.1 Å². The van der Waals surface area contributed by atoms with Crippen LogP contribution in [0.3, 0.4) is 0 Å². The first kappa shape index (κ1) is 27.9. The molecule has 216 valence electrons. The number of phenols is 2. The highest BCUT2D eigenvalue weighted by molar-refractivity contribution is 5.96. The molecule has 0 radical (unpaired) electrons. The van der Waals surface area contributed by atoms with Crippen LogP contribution in [0.5, 0.6) is 34.5 Å². The molecule has 6 aromatic carbocycles. The number of carbonyl (C=O) groups is 2. The van der Waals surface area contributed by atoms with Gasteiger partial charge >= 0.3 is 11.9 Å². The summed E-state index contributed by atoms with van der Waals surface area (Å²) in [7, 11) is 0. The van der Waals surface area contributed by atoms with Gasteiger partial charge in [-0.2, -0.15) is 0 Å². The zero-order valence-electron chi connectivity index (χ0n) is 23.0. The van der Waals surface area contributed by atoms with Crippen molar-refractivity contribution >= 4 is 22.7 Å². The van der Waals surface area contributed by atoms with Crippen LogP contribution in [-0.4, -0.2) is 22.2 Å². The van der Waals surface area contributed by atoms with Crippen molar-refractivity contribution in [3.05, 3.63) is 145 Å². The van der Waals surface area contributed by atoms with Gasteiger partial charge in [0.25, 0.3) is 0 Å². The zero-order chi connectivity index (χ0) is 30.5. The number of aromatic hydroxyl groups is 2. The summed E-state index contributed by atoms with van der Waals surface area (Å²) in [6, 6.07) is 36.6. The number of benzene rings is 6. The molecule has 0 heterocycles. The molecule has 0 saturated carbocycles. The Labute approximate surface area is 251 Å². The fraction of sp³-hybridized carbons (Fsp3) is 0. The van der Waals surface area contributed by atoms with Gasteiger partial charge in [0, 0.05) is 0 Å². The third kappa shape index (κ3) is 6.61. The van der Waals surface area contributed by atoms with Crippen molar-refractivity contribution in [2.75, 3.05) is 0 Å². The van der Waals surface area contributed by atoms with Crippen LogP contribution in [0.15, 0.2) is 133 Å². The Balaban J connectivity index is 1.03. The van der Waals surface area contributed by atoms with Crippen molar-refractivity contribution in [1.82, 2.24) is 0 Å². The third-order valence-electron chi connectivity index (χ3n) is 6.68. The largest absolute Gasteiger partial charge is 0.508 e. The lowest BCUT2D eigenvalue weighted by Crippen LogP contribution is -2.08. The number of fused-ring (bicyclic) bond motifs is 1. The molecule has 8 heteroatoms. The molecular weight excluding hydrogens is 560 g/mol. The minimum atomic E-state index is -0.515. The van der Waals surface area contributed by atoms with Gasteiger partial charge in [-0.1, -0.05) is 36.4 Å². The number of phenolic OH excluding ortho intramolecular Hbond substituents is 2. The van der Waals surface area contributed by atoms with Crippen LogP contribution in [0.2, 0.25) is 0 Å². The van der Waals surface area contributed by atoms with Gasteiger partial charge in [-0.25, -0.2) is 9.59 Å². The molecule has 0 aliphatic rings. The van der Waals surface area contributed by atoms with E-state index in [9.17, 15) is 19.8 Å². The second-order valence-corrected chi connectivity index (χ2v) is 9.76. The number of rotatable bonds is 8. The molecule has 2 N–H and O–H groups in total. The highest BCUT2D eigenvalue weighted by Gasteiger charge is 2.12. The molecule has 0 aromatic heterocycles. The van der Waals surface area contributed by atoms with Crippen LogP contribution in [0, 0.1) is 0 Å². The molecule has 0 unspecified atom stereocenters. The maximum Gasteiger partial charge on any atom is 0.343 e. The molecule has 44 heavy (non-hydrogen) atoms. The Bertz CT molecular complexity index is 1930. The predicted molar refractivity (Wildman–Crippen MR) is 163 cm³/mol. The number of hydrogen-bond acceptors (Lipinski definition) is 8. The van der Waals surface area contributed by atoms with Gasteiger partial charge in [0.1, 0.15) is 23.0 Å². The molecule has 6 aromatic rings. The average Bonchev–Trinajstić information content (AvgIpc) is 3.05. The summed E-state index contributed by atoms with van der Waals surface area (Å²) < 4.78 is 10.8. The first-order valence-corrected chi connectivity index (χ1v) is 13.5. The maximum atomic E-state index is 12.6. The van der Waals surface area contributed by atoms with Crippen molar-refractivity contribution < 1.29 is 39.1 Å². The molecular formula is C36H24O8. The molecule has 0 atom stereocenters. The minimum Gasteiger partial charge on any atom is -0.508 e. The number of hydrogen-bond donors (Lipinski definition) is 2. The standard InChI is InChI=1S/C36H24O8/c37-29-10-7-24(8-11-29)23-1-3-25(4-2-23)35(39)41-32-17-19-33(20-18-32)43-44-34-14-9-26-21-28(6-5-27(26)22-34)36(40)42-31-15-12-30(38)13-16-31/h1-22,37-38H. The van der Waals surface area contributed by atoms with Gasteiger partial charge in [-0.15, -0.1) is 0 Å². The van der Waals surface area contributed by atoms with E-state index in [0.717, 1.165) is 21.9 Å². The van der Waals surface area contributed by atoms with Gasteiger partial charge in [0.05, 0.1) is 11.1 Å². The lowest BCUT2D eigenvalue weighted by molar-refractivity contribution is -0.0998. The lowest BCUT2D eigenvalue weighted by atomic mass is 10.0. The molecule has 6 rings (SSSR count). The summed E-state index contributed by atoms with van der Waals surface area (Å²) in [4.78, 5) is 36.1. The van der Waals surface area contributed by atoms with E-state index < -0.39 is 11.9 Å². The second kappa shape index (κ2) is 12.3. The van der Waals surface area contributed by atoms with Crippen LogP contribution in [0.25, 0.3) is 21.9 Å². The second-order valence-electron chi connectivity index (χ2n) is 9.76. The van der Waals surface area contributed by atoms with E-state index >= 15 is 0 Å². The molecule has 0 amide bonds. The van der Waals surface area contributed by atoms with Gasteiger partial charge in [0.15, 0.2) is 11.5 Å².